The molecule has 3 heterocycles. The molecule has 2 aliphatic rings. The first-order chi connectivity index (χ1) is 11.7. The van der Waals surface area contributed by atoms with E-state index in [0.717, 1.165) is 18.3 Å². The summed E-state index contributed by atoms with van der Waals surface area (Å²) in [5.74, 6) is 0.553. The molecule has 0 atom stereocenters. The van der Waals surface area contributed by atoms with Crippen molar-refractivity contribution in [3.8, 4) is 0 Å². The van der Waals surface area contributed by atoms with E-state index < -0.39 is 0 Å². The van der Waals surface area contributed by atoms with Crippen molar-refractivity contribution in [3.05, 3.63) is 35.7 Å². The maximum absolute atomic E-state index is 4.54. The van der Waals surface area contributed by atoms with Gasteiger partial charge in [-0.3, -0.25) is 9.88 Å². The largest absolute Gasteiger partial charge is 0.300 e. The van der Waals surface area contributed by atoms with Crippen LogP contribution in [-0.4, -0.2) is 53.5 Å². The van der Waals surface area contributed by atoms with E-state index in [0.29, 0.717) is 5.92 Å². The summed E-state index contributed by atoms with van der Waals surface area (Å²) >= 11 is 0. The summed E-state index contributed by atoms with van der Waals surface area (Å²) in [4.78, 5) is 9.87. The highest BCUT2D eigenvalue weighted by Crippen LogP contribution is 2.20. The fraction of sp³-hybridized carbons (Fsp3) is 0.667. The number of hydrogen-bond donors (Lipinski definition) is 0. The van der Waals surface area contributed by atoms with E-state index in [4.69, 9.17) is 0 Å². The summed E-state index contributed by atoms with van der Waals surface area (Å²) in [6.07, 6.45) is 13.4. The molecule has 0 bridgehead atoms. The van der Waals surface area contributed by atoms with Gasteiger partial charge in [0.05, 0.1) is 5.69 Å². The fourth-order valence-electron chi connectivity index (χ4n) is 3.93. The summed E-state index contributed by atoms with van der Waals surface area (Å²) in [5.41, 5.74) is 2.38. The summed E-state index contributed by atoms with van der Waals surface area (Å²) in [6.45, 7) is 10.6. The zero-order valence-electron chi connectivity index (χ0n) is 15.5. The maximum Gasteiger partial charge on any atom is 0.0627 e. The summed E-state index contributed by atoms with van der Waals surface area (Å²) < 4.78 is 0. The van der Waals surface area contributed by atoms with Gasteiger partial charge in [-0.2, -0.15) is 0 Å². The van der Waals surface area contributed by atoms with Crippen LogP contribution in [0.2, 0.25) is 0 Å². The third-order valence-electron chi connectivity index (χ3n) is 5.59. The first kappa shape index (κ1) is 17.6. The van der Waals surface area contributed by atoms with Crippen molar-refractivity contribution in [2.24, 2.45) is 0 Å². The Morgan fingerprint density at radius 1 is 1.08 bits per heavy atom. The molecule has 0 amide bonds. The second-order valence-corrected chi connectivity index (χ2v) is 7.70. The highest BCUT2D eigenvalue weighted by molar-refractivity contribution is 5.44. The van der Waals surface area contributed by atoms with Crippen LogP contribution in [-0.2, 0) is 0 Å². The molecule has 0 aliphatic carbocycles. The van der Waals surface area contributed by atoms with Crippen molar-refractivity contribution in [1.29, 1.82) is 0 Å². The smallest absolute Gasteiger partial charge is 0.0627 e. The minimum absolute atomic E-state index is 0.553. The Kier molecular flexibility index (Phi) is 6.44. The molecule has 2 fully saturated rings. The molecule has 0 spiro atoms. The Labute approximate surface area is 147 Å². The van der Waals surface area contributed by atoms with Gasteiger partial charge in [0.25, 0.3) is 0 Å². The summed E-state index contributed by atoms with van der Waals surface area (Å²) in [7, 11) is 0. The Hall–Kier alpha value is -1.19. The average Bonchev–Trinajstić information content (AvgIpc) is 2.63. The Morgan fingerprint density at radius 3 is 2.46 bits per heavy atom. The summed E-state index contributed by atoms with van der Waals surface area (Å²) in [5, 5.41) is 0. The van der Waals surface area contributed by atoms with Crippen LogP contribution in [0.5, 0.6) is 0 Å². The molecule has 3 heteroatoms. The van der Waals surface area contributed by atoms with Gasteiger partial charge in [0, 0.05) is 18.8 Å². The van der Waals surface area contributed by atoms with Gasteiger partial charge < -0.3 is 4.90 Å². The molecule has 0 unspecified atom stereocenters. The van der Waals surface area contributed by atoms with E-state index in [1.165, 1.54) is 63.8 Å². The van der Waals surface area contributed by atoms with Crippen molar-refractivity contribution in [1.82, 2.24) is 14.8 Å². The zero-order chi connectivity index (χ0) is 16.8. The first-order valence-electron chi connectivity index (χ1n) is 9.81. The SMILES string of the molecule is CC(C)c1ccc(/C=C/CN2CCC(N3CCCCC3)CC2)nc1. The molecule has 2 saturated heterocycles. The lowest BCUT2D eigenvalue weighted by atomic mass is 10.00. The first-order valence-corrected chi connectivity index (χ1v) is 9.81. The lowest BCUT2D eigenvalue weighted by Crippen LogP contribution is -2.46. The minimum atomic E-state index is 0.553. The molecule has 0 aromatic carbocycles. The number of aromatic nitrogens is 1. The van der Waals surface area contributed by atoms with Crippen LogP contribution < -0.4 is 0 Å². The highest BCUT2D eigenvalue weighted by Gasteiger charge is 2.24. The minimum Gasteiger partial charge on any atom is -0.300 e. The predicted molar refractivity (Wildman–Crippen MR) is 102 cm³/mol. The highest BCUT2D eigenvalue weighted by atomic mass is 15.2. The molecule has 1 aromatic heterocycles. The second-order valence-electron chi connectivity index (χ2n) is 7.70. The van der Waals surface area contributed by atoms with E-state index in [-0.39, 0.29) is 0 Å². The second kappa shape index (κ2) is 8.77. The molecule has 3 rings (SSSR count). The van der Waals surface area contributed by atoms with Gasteiger partial charge in [-0.05, 0) is 75.5 Å². The molecule has 0 radical (unpaired) electrons. The Bertz CT molecular complexity index is 506. The van der Waals surface area contributed by atoms with Crippen molar-refractivity contribution in [2.75, 3.05) is 32.7 Å². The maximum atomic E-state index is 4.54. The van der Waals surface area contributed by atoms with Crippen molar-refractivity contribution >= 4 is 6.08 Å². The van der Waals surface area contributed by atoms with Crippen LogP contribution in [0.25, 0.3) is 6.08 Å². The molecule has 24 heavy (non-hydrogen) atoms. The molecule has 132 valence electrons. The zero-order valence-corrected chi connectivity index (χ0v) is 15.5. The number of piperidine rings is 2. The van der Waals surface area contributed by atoms with Gasteiger partial charge in [-0.1, -0.05) is 32.4 Å². The Balaban J connectivity index is 1.41. The van der Waals surface area contributed by atoms with Crippen LogP contribution in [0.1, 0.15) is 63.1 Å². The molecular formula is C21H33N3. The van der Waals surface area contributed by atoms with Crippen LogP contribution in [0.3, 0.4) is 0 Å². The standard InChI is InChI=1S/C21H33N3/c1-18(2)19-8-9-20(22-17-19)7-6-12-23-15-10-21(11-16-23)24-13-4-3-5-14-24/h6-9,17-18,21H,3-5,10-16H2,1-2H3/b7-6+. The van der Waals surface area contributed by atoms with Crippen LogP contribution in [0.4, 0.5) is 0 Å². The molecular weight excluding hydrogens is 294 g/mol. The van der Waals surface area contributed by atoms with E-state index in [9.17, 15) is 0 Å². The van der Waals surface area contributed by atoms with E-state index in [1.54, 1.807) is 0 Å². The molecule has 0 saturated carbocycles. The number of pyridine rings is 1. The van der Waals surface area contributed by atoms with Gasteiger partial charge in [0.15, 0.2) is 0 Å². The van der Waals surface area contributed by atoms with Gasteiger partial charge in [-0.15, -0.1) is 0 Å². The third-order valence-corrected chi connectivity index (χ3v) is 5.59. The van der Waals surface area contributed by atoms with E-state index >= 15 is 0 Å². The van der Waals surface area contributed by atoms with Crippen LogP contribution in [0, 0.1) is 0 Å². The molecule has 2 aliphatic heterocycles. The number of nitrogens with zero attached hydrogens (tertiary/aromatic N) is 3. The molecule has 0 N–H and O–H groups in total. The number of likely N-dealkylation sites (tertiary alicyclic amines) is 2. The number of rotatable bonds is 5. The third kappa shape index (κ3) is 4.90. The Morgan fingerprint density at radius 2 is 1.83 bits per heavy atom. The fourth-order valence-corrected chi connectivity index (χ4v) is 3.93. The van der Waals surface area contributed by atoms with Gasteiger partial charge >= 0.3 is 0 Å². The molecule has 1 aromatic rings. The van der Waals surface area contributed by atoms with E-state index in [2.05, 4.69) is 52.9 Å². The van der Waals surface area contributed by atoms with Gasteiger partial charge in [-0.25, -0.2) is 0 Å². The van der Waals surface area contributed by atoms with Crippen molar-refractivity contribution in [2.45, 2.75) is 57.9 Å². The van der Waals surface area contributed by atoms with Crippen LogP contribution >= 0.6 is 0 Å². The van der Waals surface area contributed by atoms with Gasteiger partial charge in [0.2, 0.25) is 0 Å². The predicted octanol–water partition coefficient (Wildman–Crippen LogP) is 4.17. The molecule has 3 nitrogen and oxygen atoms in total. The lowest BCUT2D eigenvalue weighted by Gasteiger charge is -2.40. The van der Waals surface area contributed by atoms with Gasteiger partial charge in [0.1, 0.15) is 0 Å². The van der Waals surface area contributed by atoms with E-state index in [1.807, 2.05) is 6.20 Å². The van der Waals surface area contributed by atoms with Crippen molar-refractivity contribution in [3.63, 3.8) is 0 Å². The average molecular weight is 328 g/mol. The van der Waals surface area contributed by atoms with Crippen molar-refractivity contribution < 1.29 is 0 Å². The topological polar surface area (TPSA) is 19.4 Å². The number of hydrogen-bond acceptors (Lipinski definition) is 3. The summed E-state index contributed by atoms with van der Waals surface area (Å²) in [6, 6.07) is 5.17. The lowest BCUT2D eigenvalue weighted by molar-refractivity contribution is 0.0975. The normalized spacial score (nSPS) is 21.8. The van der Waals surface area contributed by atoms with Crippen LogP contribution in [0.15, 0.2) is 24.4 Å². The quantitative estimate of drug-likeness (QED) is 0.809. The monoisotopic (exact) mass is 327 g/mol.